The van der Waals surface area contributed by atoms with E-state index in [-0.39, 0.29) is 5.91 Å². The third kappa shape index (κ3) is 4.02. The highest BCUT2D eigenvalue weighted by atomic mass is 32.1. The molecule has 0 atom stereocenters. The fourth-order valence-electron chi connectivity index (χ4n) is 2.23. The van der Waals surface area contributed by atoms with E-state index < -0.39 is 0 Å². The summed E-state index contributed by atoms with van der Waals surface area (Å²) in [6.45, 7) is 0.608. The summed E-state index contributed by atoms with van der Waals surface area (Å²) in [6.07, 6.45) is 2.06. The van der Waals surface area contributed by atoms with E-state index in [4.69, 9.17) is 0 Å². The Morgan fingerprint density at radius 3 is 2.65 bits per heavy atom. The van der Waals surface area contributed by atoms with Crippen molar-refractivity contribution in [2.24, 2.45) is 0 Å². The minimum atomic E-state index is 0.0618. The van der Waals surface area contributed by atoms with Crippen molar-refractivity contribution >= 4 is 17.2 Å². The quantitative estimate of drug-likeness (QED) is 0.723. The second-order valence-corrected chi connectivity index (χ2v) is 6.13. The number of hydrogen-bond acceptors (Lipinski definition) is 4. The van der Waals surface area contributed by atoms with Crippen LogP contribution in [-0.4, -0.2) is 27.8 Å². The zero-order chi connectivity index (χ0) is 16.1. The first kappa shape index (κ1) is 15.4. The Balaban J connectivity index is 1.63. The van der Waals surface area contributed by atoms with Crippen molar-refractivity contribution < 1.29 is 4.79 Å². The smallest absolute Gasteiger partial charge is 0.228 e. The van der Waals surface area contributed by atoms with E-state index in [0.29, 0.717) is 13.0 Å². The van der Waals surface area contributed by atoms with Gasteiger partial charge in [0, 0.05) is 25.2 Å². The second kappa shape index (κ2) is 7.15. The topological polar surface area (TPSA) is 46.1 Å². The molecule has 1 aromatic carbocycles. The predicted molar refractivity (Wildman–Crippen MR) is 92.0 cm³/mol. The average molecular weight is 323 g/mol. The molecule has 5 heteroatoms. The van der Waals surface area contributed by atoms with Gasteiger partial charge in [0.1, 0.15) is 5.01 Å². The number of thiazole rings is 1. The third-order valence-electron chi connectivity index (χ3n) is 3.46. The highest BCUT2D eigenvalue weighted by molar-refractivity contribution is 7.13. The molecule has 0 aliphatic heterocycles. The summed E-state index contributed by atoms with van der Waals surface area (Å²) in [6, 6.07) is 15.7. The fourth-order valence-corrected chi connectivity index (χ4v) is 3.03. The molecule has 0 fully saturated rings. The van der Waals surface area contributed by atoms with Crippen LogP contribution in [0.25, 0.3) is 10.7 Å². The van der Waals surface area contributed by atoms with Gasteiger partial charge in [-0.3, -0.25) is 9.78 Å². The lowest BCUT2D eigenvalue weighted by Crippen LogP contribution is -2.27. The molecule has 0 saturated carbocycles. The van der Waals surface area contributed by atoms with Gasteiger partial charge in [-0.2, -0.15) is 0 Å². The predicted octanol–water partition coefficient (Wildman–Crippen LogP) is 3.41. The van der Waals surface area contributed by atoms with E-state index in [0.717, 1.165) is 22.0 Å². The molecule has 2 aromatic heterocycles. The van der Waals surface area contributed by atoms with Crippen LogP contribution in [-0.2, 0) is 17.8 Å². The first-order valence-electron chi connectivity index (χ1n) is 7.36. The van der Waals surface area contributed by atoms with Crippen LogP contribution in [0.1, 0.15) is 11.3 Å². The normalized spacial score (nSPS) is 10.5. The number of amides is 1. The first-order chi connectivity index (χ1) is 11.2. The van der Waals surface area contributed by atoms with Gasteiger partial charge in [0.15, 0.2) is 0 Å². The van der Waals surface area contributed by atoms with E-state index >= 15 is 0 Å². The van der Waals surface area contributed by atoms with Gasteiger partial charge < -0.3 is 4.90 Å². The van der Waals surface area contributed by atoms with Crippen molar-refractivity contribution in [3.05, 3.63) is 71.4 Å². The highest BCUT2D eigenvalue weighted by Gasteiger charge is 2.13. The Hall–Kier alpha value is -2.53. The van der Waals surface area contributed by atoms with Gasteiger partial charge in [-0.15, -0.1) is 11.3 Å². The molecular formula is C18H17N3OS. The van der Waals surface area contributed by atoms with Crippen LogP contribution in [0.4, 0.5) is 0 Å². The van der Waals surface area contributed by atoms with Crippen LogP contribution < -0.4 is 0 Å². The number of benzene rings is 1. The molecule has 0 bridgehead atoms. The summed E-state index contributed by atoms with van der Waals surface area (Å²) < 4.78 is 0. The van der Waals surface area contributed by atoms with Gasteiger partial charge >= 0.3 is 0 Å². The molecule has 0 spiro atoms. The van der Waals surface area contributed by atoms with Crippen molar-refractivity contribution in [2.45, 2.75) is 13.0 Å². The van der Waals surface area contributed by atoms with Gasteiger partial charge in [0.2, 0.25) is 5.91 Å². The van der Waals surface area contributed by atoms with E-state index in [2.05, 4.69) is 9.97 Å². The lowest BCUT2D eigenvalue weighted by Gasteiger charge is -2.16. The van der Waals surface area contributed by atoms with Gasteiger partial charge in [-0.05, 0) is 17.7 Å². The summed E-state index contributed by atoms with van der Waals surface area (Å²) in [5, 5.41) is 2.78. The number of carbonyl (C=O) groups is 1. The summed E-state index contributed by atoms with van der Waals surface area (Å²) in [5.41, 5.74) is 2.75. The zero-order valence-electron chi connectivity index (χ0n) is 12.8. The van der Waals surface area contributed by atoms with Gasteiger partial charge in [0.25, 0.3) is 0 Å². The molecule has 0 aliphatic rings. The van der Waals surface area contributed by atoms with Crippen LogP contribution in [0.15, 0.2) is 60.1 Å². The minimum Gasteiger partial charge on any atom is -0.341 e. The van der Waals surface area contributed by atoms with Crippen molar-refractivity contribution in [1.82, 2.24) is 14.9 Å². The highest BCUT2D eigenvalue weighted by Crippen LogP contribution is 2.21. The largest absolute Gasteiger partial charge is 0.341 e. The van der Waals surface area contributed by atoms with Crippen LogP contribution in [0.5, 0.6) is 0 Å². The molecule has 1 amide bonds. The monoisotopic (exact) mass is 323 g/mol. The molecule has 3 rings (SSSR count). The minimum absolute atomic E-state index is 0.0618. The molecule has 23 heavy (non-hydrogen) atoms. The number of hydrogen-bond donors (Lipinski definition) is 0. The van der Waals surface area contributed by atoms with E-state index in [1.165, 1.54) is 11.3 Å². The molecule has 0 saturated heterocycles. The maximum absolute atomic E-state index is 12.3. The third-order valence-corrected chi connectivity index (χ3v) is 4.37. The number of carbonyl (C=O) groups excluding carboxylic acids is 1. The van der Waals surface area contributed by atoms with E-state index in [9.17, 15) is 4.79 Å². The van der Waals surface area contributed by atoms with Gasteiger partial charge in [0.05, 0.1) is 17.8 Å². The maximum Gasteiger partial charge on any atom is 0.228 e. The molecule has 116 valence electrons. The molecule has 0 unspecified atom stereocenters. The SMILES string of the molecule is CN(Cc1ccccc1)C(=O)Cc1csc(-c2ccccn2)n1. The van der Waals surface area contributed by atoms with Crippen molar-refractivity contribution in [3.63, 3.8) is 0 Å². The Morgan fingerprint density at radius 2 is 1.91 bits per heavy atom. The molecule has 4 nitrogen and oxygen atoms in total. The average Bonchev–Trinajstić information content (AvgIpc) is 3.05. The summed E-state index contributed by atoms with van der Waals surface area (Å²) in [4.78, 5) is 22.9. The van der Waals surface area contributed by atoms with Crippen LogP contribution in [0, 0.1) is 0 Å². The number of aromatic nitrogens is 2. The summed E-state index contributed by atoms with van der Waals surface area (Å²) in [7, 11) is 1.82. The van der Waals surface area contributed by atoms with Crippen LogP contribution in [0.2, 0.25) is 0 Å². The Labute approximate surface area is 139 Å². The Morgan fingerprint density at radius 1 is 1.13 bits per heavy atom. The second-order valence-electron chi connectivity index (χ2n) is 5.27. The zero-order valence-corrected chi connectivity index (χ0v) is 13.7. The lowest BCUT2D eigenvalue weighted by molar-refractivity contribution is -0.129. The van der Waals surface area contributed by atoms with Crippen molar-refractivity contribution in [3.8, 4) is 10.7 Å². The van der Waals surface area contributed by atoms with Crippen LogP contribution in [0.3, 0.4) is 0 Å². The van der Waals surface area contributed by atoms with Gasteiger partial charge in [-0.25, -0.2) is 4.98 Å². The van der Waals surface area contributed by atoms with Crippen molar-refractivity contribution in [2.75, 3.05) is 7.05 Å². The molecular weight excluding hydrogens is 306 g/mol. The number of rotatable bonds is 5. The van der Waals surface area contributed by atoms with Crippen LogP contribution >= 0.6 is 11.3 Å². The number of pyridine rings is 1. The van der Waals surface area contributed by atoms with E-state index in [1.807, 2.05) is 61.0 Å². The Bertz CT molecular complexity index is 771. The molecule has 3 aromatic rings. The molecule has 0 radical (unpaired) electrons. The summed E-state index contributed by atoms with van der Waals surface area (Å²) in [5.74, 6) is 0.0618. The molecule has 2 heterocycles. The Kier molecular flexibility index (Phi) is 4.78. The van der Waals surface area contributed by atoms with Crippen molar-refractivity contribution in [1.29, 1.82) is 0 Å². The maximum atomic E-state index is 12.3. The molecule has 0 N–H and O–H groups in total. The summed E-state index contributed by atoms with van der Waals surface area (Å²) >= 11 is 1.52. The fraction of sp³-hybridized carbons (Fsp3) is 0.167. The number of nitrogens with zero attached hydrogens (tertiary/aromatic N) is 3. The standard InChI is InChI=1S/C18H17N3OS/c1-21(12-14-7-3-2-4-8-14)17(22)11-15-13-23-18(20-15)16-9-5-6-10-19-16/h2-10,13H,11-12H2,1H3. The molecule has 0 aliphatic carbocycles. The first-order valence-corrected chi connectivity index (χ1v) is 8.24. The number of likely N-dealkylation sites (N-methyl/N-ethyl adjacent to an activating group) is 1. The lowest BCUT2D eigenvalue weighted by atomic mass is 10.2. The van der Waals surface area contributed by atoms with Gasteiger partial charge in [-0.1, -0.05) is 36.4 Å². The van der Waals surface area contributed by atoms with E-state index in [1.54, 1.807) is 11.1 Å².